The van der Waals surface area contributed by atoms with E-state index in [1.807, 2.05) is 25.1 Å². The maximum absolute atomic E-state index is 11.9. The Morgan fingerprint density at radius 1 is 1.53 bits per heavy atom. The number of hydrogen-bond acceptors (Lipinski definition) is 2. The summed E-state index contributed by atoms with van der Waals surface area (Å²) >= 11 is 5.61. The normalized spacial score (nSPS) is 19.3. The predicted octanol–water partition coefficient (Wildman–Crippen LogP) is 1.99. The van der Waals surface area contributed by atoms with Crippen molar-refractivity contribution < 1.29 is 9.59 Å². The van der Waals surface area contributed by atoms with Gasteiger partial charge in [-0.25, -0.2) is 0 Å². The van der Waals surface area contributed by atoms with Crippen molar-refractivity contribution in [1.82, 2.24) is 0 Å². The Morgan fingerprint density at radius 2 is 2.24 bits per heavy atom. The average Bonchev–Trinajstić information content (AvgIpc) is 2.42. The molecule has 1 atom stereocenters. The first-order valence-corrected chi connectivity index (χ1v) is 5.94. The first-order valence-electron chi connectivity index (χ1n) is 5.40. The molecule has 1 aromatic carbocycles. The number of carbonyl (C=O) groups is 2. The van der Waals surface area contributed by atoms with Gasteiger partial charge in [0.1, 0.15) is 5.88 Å². The Hall–Kier alpha value is -1.55. The summed E-state index contributed by atoms with van der Waals surface area (Å²) in [6.45, 7) is 1.84. The van der Waals surface area contributed by atoms with Gasteiger partial charge < -0.3 is 10.2 Å². The maximum Gasteiger partial charge on any atom is 0.242 e. The topological polar surface area (TPSA) is 49.4 Å². The Morgan fingerprint density at radius 3 is 2.94 bits per heavy atom. The van der Waals surface area contributed by atoms with Gasteiger partial charge in [0.15, 0.2) is 0 Å². The highest BCUT2D eigenvalue weighted by molar-refractivity contribution is 6.29. The molecular weight excluding hydrogens is 240 g/mol. The Kier molecular flexibility index (Phi) is 3.33. The summed E-state index contributed by atoms with van der Waals surface area (Å²) in [5, 5.41) is 2.79. The van der Waals surface area contributed by atoms with Gasteiger partial charge in [-0.05, 0) is 19.1 Å². The van der Waals surface area contributed by atoms with Crippen molar-refractivity contribution in [3.05, 3.63) is 24.3 Å². The Bertz CT molecular complexity index is 462. The number of nitrogens with zero attached hydrogens (tertiary/aromatic N) is 1. The van der Waals surface area contributed by atoms with E-state index in [0.29, 0.717) is 11.4 Å². The number of hydrogen-bond donors (Lipinski definition) is 1. The highest BCUT2D eigenvalue weighted by Crippen LogP contribution is 2.31. The van der Waals surface area contributed by atoms with Gasteiger partial charge in [0.2, 0.25) is 11.8 Å². The molecule has 0 bridgehead atoms. The van der Waals surface area contributed by atoms with Crippen LogP contribution in [0.5, 0.6) is 0 Å². The Labute approximate surface area is 105 Å². The molecule has 17 heavy (non-hydrogen) atoms. The number of para-hydroxylation sites is 2. The second-order valence-corrected chi connectivity index (χ2v) is 4.28. The van der Waals surface area contributed by atoms with E-state index in [1.54, 1.807) is 11.0 Å². The minimum absolute atomic E-state index is 0.0881. The average molecular weight is 253 g/mol. The van der Waals surface area contributed by atoms with Gasteiger partial charge in [0, 0.05) is 12.5 Å². The van der Waals surface area contributed by atoms with Crippen molar-refractivity contribution >= 4 is 34.8 Å². The quantitative estimate of drug-likeness (QED) is 0.777. The molecule has 0 fully saturated rings. The predicted molar refractivity (Wildman–Crippen MR) is 67.4 cm³/mol. The lowest BCUT2D eigenvalue weighted by Crippen LogP contribution is -2.39. The lowest BCUT2D eigenvalue weighted by atomic mass is 10.2. The molecule has 0 aromatic heterocycles. The molecule has 0 saturated heterocycles. The van der Waals surface area contributed by atoms with Crippen molar-refractivity contribution in [2.45, 2.75) is 19.4 Å². The van der Waals surface area contributed by atoms with E-state index in [-0.39, 0.29) is 30.2 Å². The van der Waals surface area contributed by atoms with E-state index < -0.39 is 0 Å². The van der Waals surface area contributed by atoms with Crippen molar-refractivity contribution in [3.8, 4) is 0 Å². The molecule has 90 valence electrons. The summed E-state index contributed by atoms with van der Waals surface area (Å²) in [6.07, 6.45) is 0.275. The largest absolute Gasteiger partial charge is 0.324 e. The summed E-state index contributed by atoms with van der Waals surface area (Å²) in [6, 6.07) is 7.04. The summed E-state index contributed by atoms with van der Waals surface area (Å²) < 4.78 is 0. The van der Waals surface area contributed by atoms with Crippen LogP contribution in [0.15, 0.2) is 24.3 Å². The van der Waals surface area contributed by atoms with Gasteiger partial charge in [0.05, 0.1) is 11.4 Å². The smallest absolute Gasteiger partial charge is 0.242 e. The fraction of sp³-hybridized carbons (Fsp3) is 0.333. The molecule has 5 heteroatoms. The molecule has 1 aliphatic heterocycles. The number of anilines is 2. The number of nitrogens with one attached hydrogen (secondary N) is 1. The lowest BCUT2D eigenvalue weighted by molar-refractivity contribution is -0.117. The highest BCUT2D eigenvalue weighted by atomic mass is 35.5. The molecule has 2 amide bonds. The van der Waals surface area contributed by atoms with Crippen LogP contribution < -0.4 is 10.2 Å². The van der Waals surface area contributed by atoms with Gasteiger partial charge in [-0.1, -0.05) is 12.1 Å². The summed E-state index contributed by atoms with van der Waals surface area (Å²) in [5.74, 6) is -0.370. The number of amides is 2. The molecule has 0 radical (unpaired) electrons. The number of carbonyl (C=O) groups excluding carboxylic acids is 2. The molecule has 0 saturated carbocycles. The SMILES string of the molecule is C[C@H]1CC(=O)Nc2ccccc2N1C(=O)CCl. The summed E-state index contributed by atoms with van der Waals surface area (Å²) in [7, 11) is 0. The van der Waals surface area contributed by atoms with E-state index in [4.69, 9.17) is 11.6 Å². The standard InChI is InChI=1S/C12H13ClN2O2/c1-8-6-11(16)14-9-4-2-3-5-10(9)15(8)12(17)7-13/h2-5,8H,6-7H2,1H3,(H,14,16)/t8-/m0/s1. The molecule has 1 aliphatic rings. The summed E-state index contributed by atoms with van der Waals surface area (Å²) in [5.41, 5.74) is 1.36. The van der Waals surface area contributed by atoms with Crippen LogP contribution in [-0.2, 0) is 9.59 Å². The summed E-state index contributed by atoms with van der Waals surface area (Å²) in [4.78, 5) is 25.1. The van der Waals surface area contributed by atoms with Gasteiger partial charge in [-0.3, -0.25) is 9.59 Å². The molecule has 0 spiro atoms. The number of rotatable bonds is 1. The molecule has 1 N–H and O–H groups in total. The Balaban J connectivity index is 2.49. The van der Waals surface area contributed by atoms with E-state index in [0.717, 1.165) is 0 Å². The van der Waals surface area contributed by atoms with Crippen molar-refractivity contribution in [2.75, 3.05) is 16.1 Å². The zero-order valence-electron chi connectivity index (χ0n) is 9.44. The van der Waals surface area contributed by atoms with Crippen molar-refractivity contribution in [3.63, 3.8) is 0 Å². The molecular formula is C12H13ClN2O2. The maximum atomic E-state index is 11.9. The number of benzene rings is 1. The zero-order valence-corrected chi connectivity index (χ0v) is 10.2. The highest BCUT2D eigenvalue weighted by Gasteiger charge is 2.28. The number of fused-ring (bicyclic) bond motifs is 1. The van der Waals surface area contributed by atoms with Crippen LogP contribution in [0.3, 0.4) is 0 Å². The molecule has 0 aliphatic carbocycles. The second-order valence-electron chi connectivity index (χ2n) is 4.02. The van der Waals surface area contributed by atoms with Gasteiger partial charge in [-0.2, -0.15) is 0 Å². The number of halogens is 1. The van der Waals surface area contributed by atoms with Crippen LogP contribution in [0.4, 0.5) is 11.4 Å². The van der Waals surface area contributed by atoms with Crippen molar-refractivity contribution in [2.24, 2.45) is 0 Å². The van der Waals surface area contributed by atoms with Crippen LogP contribution in [0.2, 0.25) is 0 Å². The van der Waals surface area contributed by atoms with Gasteiger partial charge in [0.25, 0.3) is 0 Å². The van der Waals surface area contributed by atoms with Crippen LogP contribution >= 0.6 is 11.6 Å². The fourth-order valence-electron chi connectivity index (χ4n) is 2.03. The van der Waals surface area contributed by atoms with E-state index in [9.17, 15) is 9.59 Å². The van der Waals surface area contributed by atoms with Crippen LogP contribution in [-0.4, -0.2) is 23.7 Å². The monoisotopic (exact) mass is 252 g/mol. The minimum atomic E-state index is -0.192. The molecule has 1 aromatic rings. The molecule has 4 nitrogen and oxygen atoms in total. The first kappa shape index (κ1) is 11.9. The third-order valence-electron chi connectivity index (χ3n) is 2.74. The first-order chi connectivity index (χ1) is 8.13. The molecule has 0 unspecified atom stereocenters. The second kappa shape index (κ2) is 4.75. The zero-order chi connectivity index (χ0) is 12.4. The molecule has 2 rings (SSSR count). The van der Waals surface area contributed by atoms with Crippen LogP contribution in [0, 0.1) is 0 Å². The lowest BCUT2D eigenvalue weighted by Gasteiger charge is -2.26. The van der Waals surface area contributed by atoms with Crippen LogP contribution in [0.1, 0.15) is 13.3 Å². The van der Waals surface area contributed by atoms with E-state index in [1.165, 1.54) is 0 Å². The third-order valence-corrected chi connectivity index (χ3v) is 2.97. The van der Waals surface area contributed by atoms with Crippen molar-refractivity contribution in [1.29, 1.82) is 0 Å². The number of alkyl halides is 1. The van der Waals surface area contributed by atoms with Gasteiger partial charge >= 0.3 is 0 Å². The van der Waals surface area contributed by atoms with E-state index in [2.05, 4.69) is 5.32 Å². The fourth-order valence-corrected chi connectivity index (χ4v) is 2.16. The van der Waals surface area contributed by atoms with Crippen LogP contribution in [0.25, 0.3) is 0 Å². The van der Waals surface area contributed by atoms with E-state index >= 15 is 0 Å². The molecule has 1 heterocycles. The minimum Gasteiger partial charge on any atom is -0.324 e. The third kappa shape index (κ3) is 2.26. The van der Waals surface area contributed by atoms with Gasteiger partial charge in [-0.15, -0.1) is 11.6 Å².